The quantitative estimate of drug-likeness (QED) is 0.797. The van der Waals surface area contributed by atoms with E-state index in [1.54, 1.807) is 4.68 Å². The molecule has 0 radical (unpaired) electrons. The van der Waals surface area contributed by atoms with E-state index in [1.807, 2.05) is 30.3 Å². The molecule has 1 N–H and O–H groups in total. The predicted octanol–water partition coefficient (Wildman–Crippen LogP) is 3.14. The number of aryl methyl sites for hydroxylation is 1. The summed E-state index contributed by atoms with van der Waals surface area (Å²) in [6.07, 6.45) is 0. The minimum Gasteiger partial charge on any atom is -0.346 e. The van der Waals surface area contributed by atoms with E-state index in [0.29, 0.717) is 5.95 Å². The van der Waals surface area contributed by atoms with E-state index in [0.717, 1.165) is 5.69 Å². The SMILES string of the molecule is Cc1ccc(C(C)Nc2nnnn2-c2ccccc2)cc1. The average Bonchev–Trinajstić information content (AvgIpc) is 2.97. The van der Waals surface area contributed by atoms with Gasteiger partial charge in [-0.1, -0.05) is 53.1 Å². The van der Waals surface area contributed by atoms with Crippen LogP contribution in [0.5, 0.6) is 0 Å². The zero-order chi connectivity index (χ0) is 14.7. The maximum absolute atomic E-state index is 4.07. The van der Waals surface area contributed by atoms with Crippen molar-refractivity contribution < 1.29 is 0 Å². The van der Waals surface area contributed by atoms with Gasteiger partial charge in [-0.3, -0.25) is 0 Å². The number of para-hydroxylation sites is 1. The topological polar surface area (TPSA) is 55.6 Å². The van der Waals surface area contributed by atoms with Gasteiger partial charge in [-0.25, -0.2) is 0 Å². The fraction of sp³-hybridized carbons (Fsp3) is 0.188. The molecule has 0 spiro atoms. The van der Waals surface area contributed by atoms with E-state index in [9.17, 15) is 0 Å². The molecule has 1 atom stereocenters. The van der Waals surface area contributed by atoms with Crippen LogP contribution in [0.4, 0.5) is 5.95 Å². The maximum Gasteiger partial charge on any atom is 0.248 e. The molecule has 1 aromatic heterocycles. The predicted molar refractivity (Wildman–Crippen MR) is 82.4 cm³/mol. The monoisotopic (exact) mass is 279 g/mol. The van der Waals surface area contributed by atoms with E-state index >= 15 is 0 Å². The molecule has 5 nitrogen and oxygen atoms in total. The van der Waals surface area contributed by atoms with E-state index in [2.05, 4.69) is 59.0 Å². The first-order valence-electron chi connectivity index (χ1n) is 6.91. The Hall–Kier alpha value is -2.69. The van der Waals surface area contributed by atoms with Gasteiger partial charge in [0.05, 0.1) is 11.7 Å². The number of hydrogen-bond donors (Lipinski definition) is 1. The molecule has 2 aromatic carbocycles. The van der Waals surface area contributed by atoms with Crippen molar-refractivity contribution in [2.45, 2.75) is 19.9 Å². The van der Waals surface area contributed by atoms with E-state index < -0.39 is 0 Å². The standard InChI is InChI=1S/C16H17N5/c1-12-8-10-14(11-9-12)13(2)17-16-18-19-20-21(16)15-6-4-3-5-7-15/h3-11,13H,1-2H3,(H,17,18,20). The molecule has 0 fully saturated rings. The first-order chi connectivity index (χ1) is 10.2. The number of anilines is 1. The Labute approximate surface area is 123 Å². The number of rotatable bonds is 4. The minimum atomic E-state index is 0.124. The molecule has 0 saturated heterocycles. The normalized spacial score (nSPS) is 12.1. The lowest BCUT2D eigenvalue weighted by Crippen LogP contribution is -2.11. The molecule has 0 aliphatic carbocycles. The first-order valence-corrected chi connectivity index (χ1v) is 6.91. The van der Waals surface area contributed by atoms with Gasteiger partial charge in [-0.15, -0.1) is 0 Å². The summed E-state index contributed by atoms with van der Waals surface area (Å²) in [6.45, 7) is 4.17. The van der Waals surface area contributed by atoms with Crippen LogP contribution in [-0.2, 0) is 0 Å². The van der Waals surface area contributed by atoms with Crippen molar-refractivity contribution in [3.05, 3.63) is 65.7 Å². The third kappa shape index (κ3) is 2.91. The average molecular weight is 279 g/mol. The molecule has 3 aromatic rings. The molecule has 0 saturated carbocycles. The van der Waals surface area contributed by atoms with Gasteiger partial charge >= 0.3 is 0 Å². The van der Waals surface area contributed by atoms with Gasteiger partial charge in [0.2, 0.25) is 5.95 Å². The van der Waals surface area contributed by atoms with Crippen LogP contribution in [0.1, 0.15) is 24.1 Å². The summed E-state index contributed by atoms with van der Waals surface area (Å²) < 4.78 is 1.70. The summed E-state index contributed by atoms with van der Waals surface area (Å²) in [6, 6.07) is 18.4. The third-order valence-corrected chi connectivity index (χ3v) is 3.39. The van der Waals surface area contributed by atoms with Crippen LogP contribution < -0.4 is 5.32 Å². The van der Waals surface area contributed by atoms with E-state index in [1.165, 1.54) is 11.1 Å². The molecule has 3 rings (SSSR count). The Morgan fingerprint density at radius 3 is 2.43 bits per heavy atom. The van der Waals surface area contributed by atoms with Crippen LogP contribution in [0.15, 0.2) is 54.6 Å². The largest absolute Gasteiger partial charge is 0.346 e. The zero-order valence-corrected chi connectivity index (χ0v) is 12.1. The van der Waals surface area contributed by atoms with Crippen molar-refractivity contribution in [2.75, 3.05) is 5.32 Å². The van der Waals surface area contributed by atoms with Gasteiger partial charge in [0.25, 0.3) is 0 Å². The highest BCUT2D eigenvalue weighted by atomic mass is 15.6. The molecule has 0 aliphatic rings. The van der Waals surface area contributed by atoms with Gasteiger partial charge in [-0.2, -0.15) is 4.68 Å². The lowest BCUT2D eigenvalue weighted by molar-refractivity contribution is 0.780. The van der Waals surface area contributed by atoms with Gasteiger partial charge in [0.15, 0.2) is 0 Å². The molecule has 0 amide bonds. The molecule has 1 unspecified atom stereocenters. The number of nitrogens with one attached hydrogen (secondary N) is 1. The molecular formula is C16H17N5. The van der Waals surface area contributed by atoms with Gasteiger partial charge in [0, 0.05) is 0 Å². The number of nitrogens with zero attached hydrogens (tertiary/aromatic N) is 4. The fourth-order valence-corrected chi connectivity index (χ4v) is 2.15. The summed E-state index contributed by atoms with van der Waals surface area (Å²) in [5.74, 6) is 0.634. The summed E-state index contributed by atoms with van der Waals surface area (Å²) in [5, 5.41) is 15.2. The smallest absolute Gasteiger partial charge is 0.248 e. The lowest BCUT2D eigenvalue weighted by Gasteiger charge is -2.15. The summed E-state index contributed by atoms with van der Waals surface area (Å²) in [4.78, 5) is 0. The second kappa shape index (κ2) is 5.75. The molecule has 21 heavy (non-hydrogen) atoms. The van der Waals surface area contributed by atoms with Gasteiger partial charge in [-0.05, 0) is 42.0 Å². The van der Waals surface area contributed by atoms with Crippen LogP contribution >= 0.6 is 0 Å². The molecular weight excluding hydrogens is 262 g/mol. The Bertz CT molecular complexity index is 703. The van der Waals surface area contributed by atoms with Crippen LogP contribution in [0.3, 0.4) is 0 Å². The van der Waals surface area contributed by atoms with Crippen molar-refractivity contribution in [3.63, 3.8) is 0 Å². The Morgan fingerprint density at radius 1 is 1.00 bits per heavy atom. The van der Waals surface area contributed by atoms with Crippen LogP contribution in [0.2, 0.25) is 0 Å². The fourth-order valence-electron chi connectivity index (χ4n) is 2.15. The second-order valence-corrected chi connectivity index (χ2v) is 5.03. The van der Waals surface area contributed by atoms with Crippen LogP contribution in [-0.4, -0.2) is 20.2 Å². The lowest BCUT2D eigenvalue weighted by atomic mass is 10.1. The molecule has 0 aliphatic heterocycles. The van der Waals surface area contributed by atoms with Crippen LogP contribution in [0.25, 0.3) is 5.69 Å². The van der Waals surface area contributed by atoms with Crippen LogP contribution in [0, 0.1) is 6.92 Å². The molecule has 1 heterocycles. The third-order valence-electron chi connectivity index (χ3n) is 3.39. The number of benzene rings is 2. The highest BCUT2D eigenvalue weighted by Crippen LogP contribution is 2.19. The van der Waals surface area contributed by atoms with Crippen molar-refractivity contribution in [3.8, 4) is 5.69 Å². The zero-order valence-electron chi connectivity index (χ0n) is 12.1. The summed E-state index contributed by atoms with van der Waals surface area (Å²) in [5.41, 5.74) is 3.38. The molecule has 106 valence electrons. The van der Waals surface area contributed by atoms with E-state index in [4.69, 9.17) is 0 Å². The van der Waals surface area contributed by atoms with Crippen molar-refractivity contribution in [2.24, 2.45) is 0 Å². The number of hydrogen-bond acceptors (Lipinski definition) is 4. The molecule has 5 heteroatoms. The minimum absolute atomic E-state index is 0.124. The summed E-state index contributed by atoms with van der Waals surface area (Å²) >= 11 is 0. The van der Waals surface area contributed by atoms with Crippen molar-refractivity contribution in [1.82, 2.24) is 20.2 Å². The highest BCUT2D eigenvalue weighted by Gasteiger charge is 2.12. The first kappa shape index (κ1) is 13.3. The van der Waals surface area contributed by atoms with Crippen molar-refractivity contribution in [1.29, 1.82) is 0 Å². The number of aromatic nitrogens is 4. The summed E-state index contributed by atoms with van der Waals surface area (Å²) in [7, 11) is 0. The van der Waals surface area contributed by atoms with Crippen molar-refractivity contribution >= 4 is 5.95 Å². The highest BCUT2D eigenvalue weighted by molar-refractivity contribution is 5.40. The second-order valence-electron chi connectivity index (χ2n) is 5.03. The Morgan fingerprint density at radius 2 is 1.71 bits per heavy atom. The maximum atomic E-state index is 4.07. The van der Waals surface area contributed by atoms with E-state index in [-0.39, 0.29) is 6.04 Å². The number of tetrazole rings is 1. The molecule has 0 bridgehead atoms. The Balaban J connectivity index is 1.83. The Kier molecular flexibility index (Phi) is 3.64. The van der Waals surface area contributed by atoms with Gasteiger partial charge < -0.3 is 5.32 Å². The van der Waals surface area contributed by atoms with Gasteiger partial charge in [0.1, 0.15) is 0 Å².